The largest absolute Gasteiger partial charge is 0.497 e. The van der Waals surface area contributed by atoms with Crippen molar-refractivity contribution in [2.45, 2.75) is 39.5 Å². The highest BCUT2D eigenvalue weighted by Crippen LogP contribution is 2.15. The Balaban J connectivity index is 1.83. The molecule has 0 fully saturated rings. The van der Waals surface area contributed by atoms with Crippen LogP contribution in [0.5, 0.6) is 5.75 Å². The van der Waals surface area contributed by atoms with E-state index < -0.39 is 0 Å². The molecule has 5 heteroatoms. The molecule has 134 valence electrons. The third-order valence-corrected chi connectivity index (χ3v) is 3.87. The van der Waals surface area contributed by atoms with E-state index in [0.29, 0.717) is 13.2 Å². The van der Waals surface area contributed by atoms with Gasteiger partial charge in [-0.3, -0.25) is 0 Å². The molecule has 1 atom stereocenters. The van der Waals surface area contributed by atoms with Crippen molar-refractivity contribution in [2.24, 2.45) is 0 Å². The highest BCUT2D eigenvalue weighted by atomic mass is 16.5. The van der Waals surface area contributed by atoms with Gasteiger partial charge in [0.1, 0.15) is 5.75 Å². The maximum Gasteiger partial charge on any atom is 0.319 e. The van der Waals surface area contributed by atoms with Gasteiger partial charge in [0.2, 0.25) is 0 Å². The number of benzene rings is 2. The number of nitrogens with one attached hydrogen (secondary N) is 2. The van der Waals surface area contributed by atoms with E-state index in [9.17, 15) is 4.79 Å². The molecular weight excluding hydrogens is 316 g/mol. The molecule has 2 aromatic carbocycles. The van der Waals surface area contributed by atoms with E-state index >= 15 is 0 Å². The van der Waals surface area contributed by atoms with E-state index in [1.807, 2.05) is 62.4 Å². The minimum Gasteiger partial charge on any atom is -0.497 e. The molecule has 0 aliphatic heterocycles. The molecule has 5 nitrogen and oxygen atoms in total. The van der Waals surface area contributed by atoms with Gasteiger partial charge in [-0.15, -0.1) is 0 Å². The van der Waals surface area contributed by atoms with E-state index in [0.717, 1.165) is 29.0 Å². The zero-order valence-corrected chi connectivity index (χ0v) is 15.0. The SMILES string of the molecule is CCC(C)NC(=O)Nc1cccc(COCc2ccc(OC)cc2)c1. The van der Waals surface area contributed by atoms with Crippen molar-refractivity contribution in [3.05, 3.63) is 59.7 Å². The Morgan fingerprint density at radius 1 is 1.08 bits per heavy atom. The Labute approximate surface area is 149 Å². The van der Waals surface area contributed by atoms with Crippen LogP contribution in [0.15, 0.2) is 48.5 Å². The Morgan fingerprint density at radius 3 is 2.48 bits per heavy atom. The van der Waals surface area contributed by atoms with Gasteiger partial charge >= 0.3 is 6.03 Å². The van der Waals surface area contributed by atoms with Gasteiger partial charge in [0.25, 0.3) is 0 Å². The highest BCUT2D eigenvalue weighted by molar-refractivity contribution is 5.89. The fourth-order valence-electron chi connectivity index (χ4n) is 2.24. The van der Waals surface area contributed by atoms with Crippen LogP contribution in [-0.4, -0.2) is 19.2 Å². The van der Waals surface area contributed by atoms with Gasteiger partial charge in [-0.1, -0.05) is 31.2 Å². The molecule has 0 aliphatic carbocycles. The van der Waals surface area contributed by atoms with Crippen molar-refractivity contribution in [1.29, 1.82) is 0 Å². The Bertz CT molecular complexity index is 671. The fraction of sp³-hybridized carbons (Fsp3) is 0.350. The molecule has 0 saturated carbocycles. The molecule has 2 amide bonds. The maximum absolute atomic E-state index is 11.9. The number of carbonyl (C=O) groups excluding carboxylic acids is 1. The summed E-state index contributed by atoms with van der Waals surface area (Å²) < 4.78 is 10.9. The topological polar surface area (TPSA) is 59.6 Å². The Kier molecular flexibility index (Phi) is 7.29. The Morgan fingerprint density at radius 2 is 1.80 bits per heavy atom. The second-order valence-electron chi connectivity index (χ2n) is 5.95. The first-order valence-electron chi connectivity index (χ1n) is 8.48. The first-order valence-corrected chi connectivity index (χ1v) is 8.48. The third kappa shape index (κ3) is 6.47. The summed E-state index contributed by atoms with van der Waals surface area (Å²) in [5.74, 6) is 0.832. The molecule has 2 rings (SSSR count). The average molecular weight is 342 g/mol. The molecule has 0 spiro atoms. The maximum atomic E-state index is 11.9. The fourth-order valence-corrected chi connectivity index (χ4v) is 2.24. The summed E-state index contributed by atoms with van der Waals surface area (Å²) >= 11 is 0. The molecule has 0 bridgehead atoms. The Hall–Kier alpha value is -2.53. The molecule has 25 heavy (non-hydrogen) atoms. The van der Waals surface area contributed by atoms with E-state index in [1.54, 1.807) is 7.11 Å². The number of carbonyl (C=O) groups is 1. The van der Waals surface area contributed by atoms with Crippen molar-refractivity contribution < 1.29 is 14.3 Å². The van der Waals surface area contributed by atoms with Crippen LogP contribution in [0.25, 0.3) is 0 Å². The molecule has 0 aromatic heterocycles. The summed E-state index contributed by atoms with van der Waals surface area (Å²) in [6.07, 6.45) is 0.895. The number of anilines is 1. The summed E-state index contributed by atoms with van der Waals surface area (Å²) in [6, 6.07) is 15.4. The summed E-state index contributed by atoms with van der Waals surface area (Å²) in [7, 11) is 1.65. The van der Waals surface area contributed by atoms with Crippen LogP contribution in [0.4, 0.5) is 10.5 Å². The lowest BCUT2D eigenvalue weighted by Gasteiger charge is -2.13. The van der Waals surface area contributed by atoms with Gasteiger partial charge in [0, 0.05) is 11.7 Å². The number of urea groups is 1. The number of ether oxygens (including phenoxy) is 2. The number of methoxy groups -OCH3 is 1. The van der Waals surface area contributed by atoms with Gasteiger partial charge in [-0.05, 0) is 48.7 Å². The summed E-state index contributed by atoms with van der Waals surface area (Å²) in [5, 5.41) is 5.73. The van der Waals surface area contributed by atoms with Crippen molar-refractivity contribution in [1.82, 2.24) is 5.32 Å². The quantitative estimate of drug-likeness (QED) is 0.750. The number of hydrogen-bond donors (Lipinski definition) is 2. The van der Waals surface area contributed by atoms with Gasteiger partial charge in [-0.2, -0.15) is 0 Å². The van der Waals surface area contributed by atoms with Crippen molar-refractivity contribution in [3.63, 3.8) is 0 Å². The number of amides is 2. The van der Waals surface area contributed by atoms with Gasteiger partial charge in [0.15, 0.2) is 0 Å². The standard InChI is InChI=1S/C20H26N2O3/c1-4-15(2)21-20(23)22-18-7-5-6-17(12-18)14-25-13-16-8-10-19(24-3)11-9-16/h5-12,15H,4,13-14H2,1-3H3,(H2,21,22,23). The average Bonchev–Trinajstić information content (AvgIpc) is 2.62. The second-order valence-corrected chi connectivity index (χ2v) is 5.95. The molecule has 0 aliphatic rings. The van der Waals surface area contributed by atoms with E-state index in [2.05, 4.69) is 10.6 Å². The predicted octanol–water partition coefficient (Wildman–Crippen LogP) is 4.33. The third-order valence-electron chi connectivity index (χ3n) is 3.87. The molecule has 0 saturated heterocycles. The zero-order valence-electron chi connectivity index (χ0n) is 15.0. The molecule has 2 N–H and O–H groups in total. The lowest BCUT2D eigenvalue weighted by atomic mass is 10.2. The monoisotopic (exact) mass is 342 g/mol. The zero-order chi connectivity index (χ0) is 18.1. The van der Waals surface area contributed by atoms with E-state index in [1.165, 1.54) is 0 Å². The van der Waals surface area contributed by atoms with Crippen LogP contribution in [0.1, 0.15) is 31.4 Å². The van der Waals surface area contributed by atoms with Crippen LogP contribution in [0.2, 0.25) is 0 Å². The number of rotatable bonds is 8. The molecular formula is C20H26N2O3. The highest BCUT2D eigenvalue weighted by Gasteiger charge is 2.06. The second kappa shape index (κ2) is 9.69. The summed E-state index contributed by atoms with van der Waals surface area (Å²) in [4.78, 5) is 11.9. The normalized spacial score (nSPS) is 11.6. The first-order chi connectivity index (χ1) is 12.1. The van der Waals surface area contributed by atoms with Crippen molar-refractivity contribution >= 4 is 11.7 Å². The minimum atomic E-state index is -0.189. The van der Waals surface area contributed by atoms with Crippen LogP contribution < -0.4 is 15.4 Å². The van der Waals surface area contributed by atoms with E-state index in [-0.39, 0.29) is 12.1 Å². The smallest absolute Gasteiger partial charge is 0.319 e. The molecule has 0 radical (unpaired) electrons. The number of hydrogen-bond acceptors (Lipinski definition) is 3. The minimum absolute atomic E-state index is 0.149. The summed E-state index contributed by atoms with van der Waals surface area (Å²) in [5.41, 5.74) is 2.85. The van der Waals surface area contributed by atoms with Crippen molar-refractivity contribution in [3.8, 4) is 5.75 Å². The van der Waals surface area contributed by atoms with Gasteiger partial charge in [0.05, 0.1) is 20.3 Å². The van der Waals surface area contributed by atoms with Crippen LogP contribution in [0, 0.1) is 0 Å². The van der Waals surface area contributed by atoms with Gasteiger partial charge < -0.3 is 20.1 Å². The lowest BCUT2D eigenvalue weighted by Crippen LogP contribution is -2.35. The lowest BCUT2D eigenvalue weighted by molar-refractivity contribution is 0.107. The molecule has 2 aromatic rings. The van der Waals surface area contributed by atoms with Crippen molar-refractivity contribution in [2.75, 3.05) is 12.4 Å². The first kappa shape index (κ1) is 18.8. The predicted molar refractivity (Wildman–Crippen MR) is 99.8 cm³/mol. The van der Waals surface area contributed by atoms with Crippen LogP contribution in [0.3, 0.4) is 0 Å². The van der Waals surface area contributed by atoms with E-state index in [4.69, 9.17) is 9.47 Å². The van der Waals surface area contributed by atoms with Crippen LogP contribution in [-0.2, 0) is 18.0 Å². The molecule has 1 unspecified atom stereocenters. The van der Waals surface area contributed by atoms with Crippen LogP contribution >= 0.6 is 0 Å². The summed E-state index contributed by atoms with van der Waals surface area (Å²) in [6.45, 7) is 5.01. The van der Waals surface area contributed by atoms with Gasteiger partial charge in [-0.25, -0.2) is 4.79 Å². The molecule has 0 heterocycles.